The van der Waals surface area contributed by atoms with E-state index in [1.165, 1.54) is 12.4 Å². The Morgan fingerprint density at radius 1 is 1.17 bits per heavy atom. The summed E-state index contributed by atoms with van der Waals surface area (Å²) < 4.78 is 1.02. The fourth-order valence-electron chi connectivity index (χ4n) is 2.76. The molecule has 1 amide bonds. The number of hydrogen-bond donors (Lipinski definition) is 4. The molecule has 2 aromatic carbocycles. The Kier molecular flexibility index (Phi) is 4.20. The fourth-order valence-corrected chi connectivity index (χ4v) is 2.76. The molecule has 1 aromatic heterocycles. The second kappa shape index (κ2) is 6.31. The number of H-pyrrole nitrogens is 1. The first-order valence-electron chi connectivity index (χ1n) is 7.44. The van der Waals surface area contributed by atoms with Crippen molar-refractivity contribution in [2.24, 2.45) is 0 Å². The number of nitrogens with zero attached hydrogens (tertiary/aromatic N) is 1. The highest BCUT2D eigenvalue weighted by Crippen LogP contribution is 2.23. The van der Waals surface area contributed by atoms with Gasteiger partial charge in [-0.25, -0.2) is 10.2 Å². The quantitative estimate of drug-likeness (QED) is 0.429. The molecule has 2 atom stereocenters. The summed E-state index contributed by atoms with van der Waals surface area (Å²) in [5.74, 6) is -0.873. The first-order valence-corrected chi connectivity index (χ1v) is 7.44. The van der Waals surface area contributed by atoms with Gasteiger partial charge >= 0.3 is 0 Å². The Morgan fingerprint density at radius 3 is 2.50 bits per heavy atom. The van der Waals surface area contributed by atoms with Gasteiger partial charge in [0.05, 0.1) is 17.0 Å². The van der Waals surface area contributed by atoms with Gasteiger partial charge in [-0.1, -0.05) is 36.4 Å². The SMILES string of the molecule is C[C@@H](O)[C@@H](C(=O)NO)n1[nH]c2cc(-c3ccccc3)ccc2c1=O. The maximum atomic E-state index is 12.5. The molecule has 4 N–H and O–H groups in total. The Bertz CT molecular complexity index is 928. The van der Waals surface area contributed by atoms with Gasteiger partial charge in [0.25, 0.3) is 11.5 Å². The van der Waals surface area contributed by atoms with Crippen LogP contribution in [0.5, 0.6) is 0 Å². The highest BCUT2D eigenvalue weighted by Gasteiger charge is 2.28. The Hall–Kier alpha value is -2.90. The Morgan fingerprint density at radius 2 is 1.88 bits per heavy atom. The first-order chi connectivity index (χ1) is 11.5. The van der Waals surface area contributed by atoms with Gasteiger partial charge in [0.15, 0.2) is 6.04 Å². The highest BCUT2D eigenvalue weighted by molar-refractivity contribution is 5.85. The number of carbonyl (C=O) groups excluding carboxylic acids is 1. The lowest BCUT2D eigenvalue weighted by atomic mass is 10.0. The lowest BCUT2D eigenvalue weighted by molar-refractivity contribution is -0.136. The number of aromatic amines is 1. The van der Waals surface area contributed by atoms with Crippen LogP contribution in [0.3, 0.4) is 0 Å². The van der Waals surface area contributed by atoms with E-state index in [1.54, 1.807) is 12.1 Å². The van der Waals surface area contributed by atoms with Crippen LogP contribution in [0.2, 0.25) is 0 Å². The molecule has 0 bridgehead atoms. The average Bonchev–Trinajstić information content (AvgIpc) is 2.91. The third-order valence-corrected chi connectivity index (χ3v) is 3.93. The molecule has 0 saturated heterocycles. The molecule has 0 aliphatic heterocycles. The lowest BCUT2D eigenvalue weighted by Crippen LogP contribution is -2.41. The zero-order valence-electron chi connectivity index (χ0n) is 12.9. The van der Waals surface area contributed by atoms with E-state index in [0.29, 0.717) is 10.9 Å². The summed E-state index contributed by atoms with van der Waals surface area (Å²) in [5.41, 5.74) is 3.48. The van der Waals surface area contributed by atoms with Crippen LogP contribution in [0.1, 0.15) is 13.0 Å². The van der Waals surface area contributed by atoms with E-state index in [2.05, 4.69) is 5.10 Å². The van der Waals surface area contributed by atoms with Crippen LogP contribution in [0.4, 0.5) is 0 Å². The topological polar surface area (TPSA) is 107 Å². The van der Waals surface area contributed by atoms with Crippen molar-refractivity contribution >= 4 is 16.8 Å². The van der Waals surface area contributed by atoms with Crippen LogP contribution in [-0.4, -0.2) is 32.1 Å². The van der Waals surface area contributed by atoms with Crippen molar-refractivity contribution in [1.82, 2.24) is 15.3 Å². The van der Waals surface area contributed by atoms with E-state index in [-0.39, 0.29) is 0 Å². The number of amides is 1. The molecular formula is C17H17N3O4. The molecule has 0 radical (unpaired) electrons. The van der Waals surface area contributed by atoms with Gasteiger partial charge in [-0.15, -0.1) is 0 Å². The number of nitrogens with one attached hydrogen (secondary N) is 2. The Balaban J connectivity index is 2.13. The predicted octanol–water partition coefficient (Wildman–Crippen LogP) is 1.42. The normalized spacial score (nSPS) is 13.6. The third kappa shape index (κ3) is 2.70. The van der Waals surface area contributed by atoms with Crippen molar-refractivity contribution in [2.75, 3.05) is 0 Å². The van der Waals surface area contributed by atoms with Gasteiger partial charge in [0.1, 0.15) is 0 Å². The van der Waals surface area contributed by atoms with Crippen molar-refractivity contribution in [3.63, 3.8) is 0 Å². The lowest BCUT2D eigenvalue weighted by Gasteiger charge is -2.17. The zero-order chi connectivity index (χ0) is 17.3. The average molecular weight is 327 g/mol. The summed E-state index contributed by atoms with van der Waals surface area (Å²) in [4.78, 5) is 24.3. The first kappa shape index (κ1) is 16.0. The van der Waals surface area contributed by atoms with E-state index < -0.39 is 23.6 Å². The van der Waals surface area contributed by atoms with E-state index in [1.807, 2.05) is 36.4 Å². The standard InChI is InChI=1S/C17H17N3O4/c1-10(21)15(16(22)19-24)20-17(23)13-8-7-12(9-14(13)18-20)11-5-3-2-4-6-11/h2-10,15,18,21,24H,1H3,(H,19,22)/t10-,15+/m1/s1. The third-order valence-electron chi connectivity index (χ3n) is 3.93. The molecule has 0 aliphatic rings. The second-order valence-electron chi connectivity index (χ2n) is 5.57. The van der Waals surface area contributed by atoms with Crippen molar-refractivity contribution in [3.8, 4) is 11.1 Å². The fraction of sp³-hybridized carbons (Fsp3) is 0.176. The summed E-state index contributed by atoms with van der Waals surface area (Å²) >= 11 is 0. The highest BCUT2D eigenvalue weighted by atomic mass is 16.5. The smallest absolute Gasteiger partial charge is 0.275 e. The molecule has 1 heterocycles. The van der Waals surface area contributed by atoms with E-state index >= 15 is 0 Å². The van der Waals surface area contributed by atoms with E-state index in [9.17, 15) is 14.7 Å². The summed E-state index contributed by atoms with van der Waals surface area (Å²) in [7, 11) is 0. The minimum absolute atomic E-state index is 0.395. The van der Waals surface area contributed by atoms with Crippen molar-refractivity contribution in [2.45, 2.75) is 19.1 Å². The number of aliphatic hydroxyl groups is 1. The van der Waals surface area contributed by atoms with Crippen molar-refractivity contribution in [1.29, 1.82) is 0 Å². The number of hydroxylamine groups is 1. The molecule has 0 fully saturated rings. The number of carbonyl (C=O) groups is 1. The molecule has 3 aromatic rings. The van der Waals surface area contributed by atoms with Crippen LogP contribution < -0.4 is 11.0 Å². The molecular weight excluding hydrogens is 310 g/mol. The molecule has 0 unspecified atom stereocenters. The van der Waals surface area contributed by atoms with Gasteiger partial charge in [-0.3, -0.25) is 19.9 Å². The minimum Gasteiger partial charge on any atom is -0.391 e. The number of benzene rings is 2. The van der Waals surface area contributed by atoms with Crippen LogP contribution >= 0.6 is 0 Å². The molecule has 0 spiro atoms. The molecule has 24 heavy (non-hydrogen) atoms. The van der Waals surface area contributed by atoms with Crippen molar-refractivity contribution < 1.29 is 15.1 Å². The summed E-state index contributed by atoms with van der Waals surface area (Å²) in [6.07, 6.45) is -1.17. The number of hydrogen-bond acceptors (Lipinski definition) is 4. The van der Waals surface area contributed by atoms with Crippen LogP contribution in [0.15, 0.2) is 53.3 Å². The summed E-state index contributed by atoms with van der Waals surface area (Å²) in [6.45, 7) is 1.37. The van der Waals surface area contributed by atoms with Crippen LogP contribution in [0.25, 0.3) is 22.0 Å². The van der Waals surface area contributed by atoms with Crippen LogP contribution in [-0.2, 0) is 4.79 Å². The maximum absolute atomic E-state index is 12.5. The van der Waals surface area contributed by atoms with Crippen molar-refractivity contribution in [3.05, 3.63) is 58.9 Å². The number of rotatable bonds is 4. The zero-order valence-corrected chi connectivity index (χ0v) is 12.9. The van der Waals surface area contributed by atoms with Crippen LogP contribution in [0, 0.1) is 0 Å². The number of fused-ring (bicyclic) bond motifs is 1. The number of aliphatic hydroxyl groups excluding tert-OH is 1. The van der Waals surface area contributed by atoms with Gasteiger partial charge in [-0.2, -0.15) is 0 Å². The summed E-state index contributed by atoms with van der Waals surface area (Å²) in [5, 5.41) is 21.9. The molecule has 3 rings (SSSR count). The Labute approximate surface area is 137 Å². The molecule has 7 heteroatoms. The molecule has 124 valence electrons. The molecule has 7 nitrogen and oxygen atoms in total. The molecule has 0 aliphatic carbocycles. The molecule has 0 saturated carbocycles. The summed E-state index contributed by atoms with van der Waals surface area (Å²) in [6, 6.07) is 13.7. The van der Waals surface area contributed by atoms with Gasteiger partial charge in [0.2, 0.25) is 0 Å². The monoisotopic (exact) mass is 327 g/mol. The van der Waals surface area contributed by atoms with Gasteiger partial charge in [0, 0.05) is 0 Å². The van der Waals surface area contributed by atoms with E-state index in [4.69, 9.17) is 5.21 Å². The van der Waals surface area contributed by atoms with Gasteiger partial charge in [-0.05, 0) is 30.2 Å². The van der Waals surface area contributed by atoms with E-state index in [0.717, 1.165) is 15.8 Å². The van der Waals surface area contributed by atoms with Gasteiger partial charge < -0.3 is 5.11 Å². The maximum Gasteiger partial charge on any atom is 0.275 e. The largest absolute Gasteiger partial charge is 0.391 e. The second-order valence-corrected chi connectivity index (χ2v) is 5.57. The minimum atomic E-state index is -1.25. The number of aromatic nitrogens is 2. The predicted molar refractivity (Wildman–Crippen MR) is 88.6 cm³/mol.